The summed E-state index contributed by atoms with van der Waals surface area (Å²) in [4.78, 5) is 46.8. The maximum absolute atomic E-state index is 12.2. The Morgan fingerprint density at radius 2 is 2.00 bits per heavy atom. The number of imide groups is 1. The fraction of sp³-hybridized carbons (Fsp3) is 0.333. The van der Waals surface area contributed by atoms with E-state index in [4.69, 9.17) is 14.9 Å². The molecule has 9 heteroatoms. The Bertz CT molecular complexity index is 799. The highest BCUT2D eigenvalue weighted by molar-refractivity contribution is 6.23. The fourth-order valence-electron chi connectivity index (χ4n) is 2.87. The van der Waals surface area contributed by atoms with Gasteiger partial charge in [0.1, 0.15) is 24.1 Å². The minimum atomic E-state index is -1.36. The van der Waals surface area contributed by atoms with Crippen molar-refractivity contribution in [2.75, 3.05) is 6.54 Å². The van der Waals surface area contributed by atoms with Crippen LogP contribution in [0.4, 0.5) is 0 Å². The van der Waals surface area contributed by atoms with E-state index >= 15 is 0 Å². The van der Waals surface area contributed by atoms with Crippen molar-refractivity contribution < 1.29 is 39.2 Å². The van der Waals surface area contributed by atoms with Gasteiger partial charge in [-0.2, -0.15) is 0 Å². The number of aromatic hydroxyl groups is 1. The van der Waals surface area contributed by atoms with Gasteiger partial charge in [0, 0.05) is 12.0 Å². The zero-order valence-corrected chi connectivity index (χ0v) is 12.5. The molecule has 126 valence electrons. The number of nitrogens with zero attached hydrogens (tertiary/aromatic N) is 1. The first kappa shape index (κ1) is 15.8. The number of carbonyl (C=O) groups is 4. The lowest BCUT2D eigenvalue weighted by Crippen LogP contribution is -2.34. The van der Waals surface area contributed by atoms with Crippen molar-refractivity contribution in [3.8, 4) is 11.5 Å². The van der Waals surface area contributed by atoms with Crippen LogP contribution in [0.15, 0.2) is 6.07 Å². The number of phenols is 1. The molecule has 2 aliphatic rings. The Balaban J connectivity index is 2.00. The molecule has 2 heterocycles. The second-order valence-electron chi connectivity index (χ2n) is 5.70. The lowest BCUT2D eigenvalue weighted by Gasteiger charge is -2.14. The number of carbonyl (C=O) groups excluding carboxylic acids is 2. The van der Waals surface area contributed by atoms with Crippen LogP contribution in [0.2, 0.25) is 0 Å². The number of amides is 2. The van der Waals surface area contributed by atoms with E-state index in [2.05, 4.69) is 0 Å². The highest BCUT2D eigenvalue weighted by Crippen LogP contribution is 2.44. The van der Waals surface area contributed by atoms with E-state index in [1.807, 2.05) is 0 Å². The molecule has 0 radical (unpaired) electrons. The average Bonchev–Trinajstić information content (AvgIpc) is 3.02. The first-order valence-corrected chi connectivity index (χ1v) is 7.08. The van der Waals surface area contributed by atoms with Crippen LogP contribution in [0.3, 0.4) is 0 Å². The largest absolute Gasteiger partial charge is 0.507 e. The normalized spacial score (nSPS) is 19.7. The van der Waals surface area contributed by atoms with Gasteiger partial charge in [-0.25, -0.2) is 0 Å². The van der Waals surface area contributed by atoms with Crippen LogP contribution in [-0.2, 0) is 16.0 Å². The minimum absolute atomic E-state index is 0.0717. The first-order valence-electron chi connectivity index (χ1n) is 7.08. The molecule has 0 aromatic heterocycles. The molecule has 1 aromatic rings. The maximum atomic E-state index is 12.2. The smallest absolute Gasteiger partial charge is 0.323 e. The highest BCUT2D eigenvalue weighted by atomic mass is 16.5. The van der Waals surface area contributed by atoms with Crippen LogP contribution in [0, 0.1) is 5.92 Å². The molecule has 0 aliphatic carbocycles. The predicted octanol–water partition coefficient (Wildman–Crippen LogP) is 0.0970. The van der Waals surface area contributed by atoms with Gasteiger partial charge >= 0.3 is 11.9 Å². The average molecular weight is 335 g/mol. The van der Waals surface area contributed by atoms with Crippen LogP contribution in [0.5, 0.6) is 11.5 Å². The number of rotatable bonds is 4. The number of hydrogen-bond acceptors (Lipinski definition) is 6. The number of carboxylic acids is 2. The molecule has 2 aliphatic heterocycles. The van der Waals surface area contributed by atoms with E-state index in [0.29, 0.717) is 4.90 Å². The molecule has 24 heavy (non-hydrogen) atoms. The molecule has 2 atom stereocenters. The van der Waals surface area contributed by atoms with Crippen molar-refractivity contribution in [1.82, 2.24) is 4.90 Å². The molecular weight excluding hydrogens is 322 g/mol. The summed E-state index contributed by atoms with van der Waals surface area (Å²) in [6.07, 6.45) is -0.659. The molecule has 2 unspecified atom stereocenters. The van der Waals surface area contributed by atoms with Gasteiger partial charge in [0.25, 0.3) is 11.8 Å². The molecule has 0 saturated heterocycles. The van der Waals surface area contributed by atoms with Gasteiger partial charge in [0.05, 0.1) is 17.0 Å². The van der Waals surface area contributed by atoms with Crippen molar-refractivity contribution in [2.45, 2.75) is 19.4 Å². The molecule has 0 bridgehead atoms. The van der Waals surface area contributed by atoms with Crippen LogP contribution < -0.4 is 4.74 Å². The molecule has 3 N–H and O–H groups in total. The molecule has 3 rings (SSSR count). The summed E-state index contributed by atoms with van der Waals surface area (Å²) in [6, 6.07) is 1.25. The monoisotopic (exact) mass is 335 g/mol. The number of ether oxygens (including phenoxy) is 1. The van der Waals surface area contributed by atoms with Gasteiger partial charge in [-0.1, -0.05) is 0 Å². The lowest BCUT2D eigenvalue weighted by molar-refractivity contribution is -0.144. The Hall–Kier alpha value is -3.10. The van der Waals surface area contributed by atoms with E-state index in [1.165, 1.54) is 13.0 Å². The second kappa shape index (κ2) is 5.22. The van der Waals surface area contributed by atoms with Crippen molar-refractivity contribution in [2.24, 2.45) is 5.92 Å². The van der Waals surface area contributed by atoms with Crippen LogP contribution in [0.25, 0.3) is 0 Å². The SMILES string of the molecule is CC(C(=O)O)C1Cc2c(cc3c(c2O)C(=O)N(CC(=O)O)C3=O)O1. The number of aliphatic carboxylic acids is 2. The van der Waals surface area contributed by atoms with Gasteiger partial charge in [0.15, 0.2) is 0 Å². The summed E-state index contributed by atoms with van der Waals surface area (Å²) >= 11 is 0. The number of fused-ring (bicyclic) bond motifs is 2. The molecule has 1 aromatic carbocycles. The number of phenolic OH excluding ortho intramolecular Hbond substituents is 1. The van der Waals surface area contributed by atoms with Gasteiger partial charge in [-0.3, -0.25) is 24.1 Å². The Kier molecular flexibility index (Phi) is 3.43. The fourth-order valence-corrected chi connectivity index (χ4v) is 2.87. The third-order valence-electron chi connectivity index (χ3n) is 4.22. The zero-order valence-electron chi connectivity index (χ0n) is 12.5. The first-order chi connectivity index (χ1) is 11.2. The maximum Gasteiger partial charge on any atom is 0.323 e. The van der Waals surface area contributed by atoms with Crippen molar-refractivity contribution in [1.29, 1.82) is 0 Å². The molecule has 9 nitrogen and oxygen atoms in total. The van der Waals surface area contributed by atoms with Crippen LogP contribution in [0.1, 0.15) is 33.2 Å². The number of benzene rings is 1. The van der Waals surface area contributed by atoms with Gasteiger partial charge in [0.2, 0.25) is 0 Å². The Morgan fingerprint density at radius 3 is 2.58 bits per heavy atom. The third-order valence-corrected chi connectivity index (χ3v) is 4.22. The summed E-state index contributed by atoms with van der Waals surface area (Å²) in [7, 11) is 0. The summed E-state index contributed by atoms with van der Waals surface area (Å²) in [5.74, 6) is -5.35. The quantitative estimate of drug-likeness (QED) is 0.658. The molecule has 0 saturated carbocycles. The summed E-state index contributed by atoms with van der Waals surface area (Å²) in [5, 5.41) is 28.2. The number of hydrogen-bond donors (Lipinski definition) is 3. The van der Waals surface area contributed by atoms with Gasteiger partial charge in [-0.05, 0) is 13.0 Å². The zero-order chi connectivity index (χ0) is 17.8. The highest BCUT2D eigenvalue weighted by Gasteiger charge is 2.43. The van der Waals surface area contributed by atoms with Crippen LogP contribution >= 0.6 is 0 Å². The van der Waals surface area contributed by atoms with Gasteiger partial charge < -0.3 is 20.1 Å². The summed E-state index contributed by atoms with van der Waals surface area (Å²) < 4.78 is 5.50. The van der Waals surface area contributed by atoms with Gasteiger partial charge in [-0.15, -0.1) is 0 Å². The predicted molar refractivity (Wildman–Crippen MR) is 76.0 cm³/mol. The second-order valence-corrected chi connectivity index (χ2v) is 5.70. The van der Waals surface area contributed by atoms with E-state index in [1.54, 1.807) is 0 Å². The summed E-state index contributed by atoms with van der Waals surface area (Å²) in [6.45, 7) is 0.643. The summed E-state index contributed by atoms with van der Waals surface area (Å²) in [5.41, 5.74) is -0.182. The Labute approximate surface area is 135 Å². The minimum Gasteiger partial charge on any atom is -0.507 e. The van der Waals surface area contributed by atoms with E-state index in [-0.39, 0.29) is 28.9 Å². The Morgan fingerprint density at radius 1 is 1.33 bits per heavy atom. The van der Waals surface area contributed by atoms with Crippen LogP contribution in [-0.4, -0.2) is 56.6 Å². The molecule has 0 spiro atoms. The topological polar surface area (TPSA) is 141 Å². The molecule has 0 fully saturated rings. The molecular formula is C15H13NO8. The molecule has 2 amide bonds. The van der Waals surface area contributed by atoms with Crippen molar-refractivity contribution in [3.63, 3.8) is 0 Å². The van der Waals surface area contributed by atoms with Crippen molar-refractivity contribution in [3.05, 3.63) is 22.8 Å². The standard InChI is InChI=1S/C15H13NO8/c1-5(15(22)23)8-2-6-9(24-8)3-7-11(12(6)19)14(21)16(13(7)20)4-10(17)18/h3,5,8,19H,2,4H2,1H3,(H,17,18)(H,22,23). The third kappa shape index (κ3) is 2.16. The van der Waals surface area contributed by atoms with E-state index < -0.39 is 48.1 Å². The van der Waals surface area contributed by atoms with E-state index in [9.17, 15) is 24.3 Å². The number of carboxylic acid groups (broad SMARTS) is 2. The lowest BCUT2D eigenvalue weighted by atomic mass is 9.96. The van der Waals surface area contributed by atoms with Crippen molar-refractivity contribution >= 4 is 23.8 Å². The van der Waals surface area contributed by atoms with E-state index in [0.717, 1.165) is 0 Å².